The molecule has 0 aromatic rings. The molecule has 0 spiro atoms. The van der Waals surface area contributed by atoms with Gasteiger partial charge in [0, 0.05) is 12.1 Å². The lowest BCUT2D eigenvalue weighted by molar-refractivity contribution is 0.210. The van der Waals surface area contributed by atoms with Gasteiger partial charge in [-0.15, -0.1) is 0 Å². The lowest BCUT2D eigenvalue weighted by atomic mass is 9.93. The maximum atomic E-state index is 3.73. The van der Waals surface area contributed by atoms with Crippen LogP contribution in [0.15, 0.2) is 0 Å². The maximum Gasteiger partial charge on any atom is 0.00817 e. The van der Waals surface area contributed by atoms with Crippen molar-refractivity contribution in [2.24, 2.45) is 5.92 Å². The van der Waals surface area contributed by atoms with Gasteiger partial charge in [-0.05, 0) is 84.6 Å². The number of nitrogens with zero attached hydrogens (tertiary/aromatic N) is 1. The van der Waals surface area contributed by atoms with E-state index >= 15 is 0 Å². The zero-order valence-electron chi connectivity index (χ0n) is 13.0. The van der Waals surface area contributed by atoms with Crippen molar-refractivity contribution in [3.05, 3.63) is 0 Å². The summed E-state index contributed by atoms with van der Waals surface area (Å²) in [6.07, 6.45) is 9.63. The van der Waals surface area contributed by atoms with Crippen molar-refractivity contribution in [1.82, 2.24) is 15.5 Å². The van der Waals surface area contributed by atoms with Crippen molar-refractivity contribution in [1.29, 1.82) is 0 Å². The van der Waals surface area contributed by atoms with E-state index in [9.17, 15) is 0 Å². The lowest BCUT2D eigenvalue weighted by Gasteiger charge is -2.30. The third-order valence-corrected chi connectivity index (χ3v) is 4.93. The summed E-state index contributed by atoms with van der Waals surface area (Å²) >= 11 is 0. The van der Waals surface area contributed by atoms with Gasteiger partial charge in [-0.25, -0.2) is 0 Å². The van der Waals surface area contributed by atoms with Crippen molar-refractivity contribution in [2.45, 2.75) is 64.0 Å². The first-order valence-corrected chi connectivity index (χ1v) is 8.39. The van der Waals surface area contributed by atoms with Gasteiger partial charge < -0.3 is 15.5 Å². The smallest absolute Gasteiger partial charge is 0.00817 e. The Morgan fingerprint density at radius 3 is 2.68 bits per heavy atom. The summed E-state index contributed by atoms with van der Waals surface area (Å²) in [4.78, 5) is 2.46. The van der Waals surface area contributed by atoms with Gasteiger partial charge in [-0.2, -0.15) is 0 Å². The normalized spacial score (nSPS) is 28.4. The van der Waals surface area contributed by atoms with Gasteiger partial charge in [-0.1, -0.05) is 6.42 Å². The molecular formula is C16H33N3. The fourth-order valence-electron chi connectivity index (χ4n) is 3.52. The topological polar surface area (TPSA) is 27.3 Å². The largest absolute Gasteiger partial charge is 0.314 e. The monoisotopic (exact) mass is 267 g/mol. The van der Waals surface area contributed by atoms with E-state index in [4.69, 9.17) is 0 Å². The number of hydrogen-bond acceptors (Lipinski definition) is 3. The van der Waals surface area contributed by atoms with E-state index in [0.717, 1.165) is 12.0 Å². The summed E-state index contributed by atoms with van der Waals surface area (Å²) < 4.78 is 0. The minimum atomic E-state index is 0.668. The molecule has 0 saturated carbocycles. The second-order valence-electron chi connectivity index (χ2n) is 6.77. The molecule has 112 valence electrons. The molecule has 2 fully saturated rings. The van der Waals surface area contributed by atoms with Gasteiger partial charge in [0.1, 0.15) is 0 Å². The Balaban J connectivity index is 1.52. The van der Waals surface area contributed by atoms with Crippen LogP contribution >= 0.6 is 0 Å². The van der Waals surface area contributed by atoms with Crippen LogP contribution in [0.2, 0.25) is 0 Å². The molecule has 3 heteroatoms. The van der Waals surface area contributed by atoms with Gasteiger partial charge >= 0.3 is 0 Å². The van der Waals surface area contributed by atoms with Crippen LogP contribution in [0, 0.1) is 5.92 Å². The van der Waals surface area contributed by atoms with E-state index in [-0.39, 0.29) is 0 Å². The summed E-state index contributed by atoms with van der Waals surface area (Å²) in [7, 11) is 2.24. The fourth-order valence-corrected chi connectivity index (χ4v) is 3.52. The zero-order valence-corrected chi connectivity index (χ0v) is 13.0. The van der Waals surface area contributed by atoms with Crippen LogP contribution in [-0.2, 0) is 0 Å². The first kappa shape index (κ1) is 15.3. The summed E-state index contributed by atoms with van der Waals surface area (Å²) in [6, 6.07) is 1.43. The molecule has 2 atom stereocenters. The molecule has 0 amide bonds. The van der Waals surface area contributed by atoms with Crippen LogP contribution in [0.25, 0.3) is 0 Å². The third-order valence-electron chi connectivity index (χ3n) is 4.93. The third kappa shape index (κ3) is 5.80. The van der Waals surface area contributed by atoms with Gasteiger partial charge in [0.2, 0.25) is 0 Å². The Hall–Kier alpha value is -0.120. The van der Waals surface area contributed by atoms with E-state index < -0.39 is 0 Å². The Bertz CT molecular complexity index is 230. The van der Waals surface area contributed by atoms with E-state index in [1.807, 2.05) is 0 Å². The van der Waals surface area contributed by atoms with Crippen molar-refractivity contribution in [2.75, 3.05) is 33.2 Å². The summed E-state index contributed by atoms with van der Waals surface area (Å²) in [6.45, 7) is 7.39. The second-order valence-corrected chi connectivity index (χ2v) is 6.77. The Labute approximate surface area is 119 Å². The number of rotatable bonds is 6. The molecule has 2 unspecified atom stereocenters. The predicted octanol–water partition coefficient (Wildman–Crippen LogP) is 2.23. The minimum Gasteiger partial charge on any atom is -0.314 e. The molecule has 0 aromatic carbocycles. The van der Waals surface area contributed by atoms with Gasteiger partial charge in [0.15, 0.2) is 0 Å². The average Bonchev–Trinajstić information content (AvgIpc) is 2.42. The van der Waals surface area contributed by atoms with Gasteiger partial charge in [0.25, 0.3) is 0 Å². The van der Waals surface area contributed by atoms with Crippen LogP contribution in [0.5, 0.6) is 0 Å². The first-order valence-electron chi connectivity index (χ1n) is 8.39. The van der Waals surface area contributed by atoms with Crippen LogP contribution in [0.3, 0.4) is 0 Å². The highest BCUT2D eigenvalue weighted by Gasteiger charge is 2.18. The number of hydrogen-bond donors (Lipinski definition) is 2. The quantitative estimate of drug-likeness (QED) is 0.773. The minimum absolute atomic E-state index is 0.668. The van der Waals surface area contributed by atoms with Gasteiger partial charge in [0.05, 0.1) is 0 Å². The predicted molar refractivity (Wildman–Crippen MR) is 82.6 cm³/mol. The van der Waals surface area contributed by atoms with E-state index in [1.165, 1.54) is 71.1 Å². The summed E-state index contributed by atoms with van der Waals surface area (Å²) in [5.41, 5.74) is 0. The molecule has 0 radical (unpaired) electrons. The Morgan fingerprint density at radius 1 is 1.21 bits per heavy atom. The molecule has 2 aliphatic heterocycles. The number of piperidine rings is 2. The maximum absolute atomic E-state index is 3.73. The molecule has 0 aliphatic carbocycles. The standard InChI is InChI=1S/C16H33N3/c1-14(13-16-5-3-4-9-18-16)17-10-6-15-7-11-19(2)12-8-15/h14-18H,3-13H2,1-2H3. The van der Waals surface area contributed by atoms with Crippen LogP contribution in [-0.4, -0.2) is 50.2 Å². The van der Waals surface area contributed by atoms with Crippen LogP contribution in [0.4, 0.5) is 0 Å². The highest BCUT2D eigenvalue weighted by molar-refractivity contribution is 4.77. The molecule has 2 N–H and O–H groups in total. The SMILES string of the molecule is CC(CC1CCCCN1)NCCC1CCN(C)CC1. The summed E-state index contributed by atoms with van der Waals surface area (Å²) in [5, 5.41) is 7.38. The average molecular weight is 267 g/mol. The molecule has 3 nitrogen and oxygen atoms in total. The van der Waals surface area contributed by atoms with Crippen molar-refractivity contribution < 1.29 is 0 Å². The molecule has 2 saturated heterocycles. The second kappa shape index (κ2) is 8.23. The highest BCUT2D eigenvalue weighted by Crippen LogP contribution is 2.19. The zero-order chi connectivity index (χ0) is 13.5. The molecule has 0 bridgehead atoms. The summed E-state index contributed by atoms with van der Waals surface area (Å²) in [5.74, 6) is 0.962. The molecule has 2 aliphatic rings. The lowest BCUT2D eigenvalue weighted by Crippen LogP contribution is -2.40. The molecule has 2 heterocycles. The number of nitrogens with one attached hydrogen (secondary N) is 2. The molecule has 0 aromatic heterocycles. The van der Waals surface area contributed by atoms with Crippen molar-refractivity contribution in [3.63, 3.8) is 0 Å². The van der Waals surface area contributed by atoms with Gasteiger partial charge in [-0.3, -0.25) is 0 Å². The molecular weight excluding hydrogens is 234 g/mol. The Kier molecular flexibility index (Phi) is 6.62. The van der Waals surface area contributed by atoms with E-state index in [1.54, 1.807) is 0 Å². The molecule has 2 rings (SSSR count). The highest BCUT2D eigenvalue weighted by atomic mass is 15.1. The van der Waals surface area contributed by atoms with Crippen molar-refractivity contribution in [3.8, 4) is 0 Å². The Morgan fingerprint density at radius 2 is 2.00 bits per heavy atom. The number of likely N-dealkylation sites (tertiary alicyclic amines) is 1. The first-order chi connectivity index (χ1) is 9.24. The van der Waals surface area contributed by atoms with Crippen LogP contribution in [0.1, 0.15) is 51.9 Å². The van der Waals surface area contributed by atoms with Crippen LogP contribution < -0.4 is 10.6 Å². The van der Waals surface area contributed by atoms with E-state index in [0.29, 0.717) is 6.04 Å². The van der Waals surface area contributed by atoms with Crippen molar-refractivity contribution >= 4 is 0 Å². The van der Waals surface area contributed by atoms with E-state index in [2.05, 4.69) is 29.5 Å². The molecule has 19 heavy (non-hydrogen) atoms. The fraction of sp³-hybridized carbons (Fsp3) is 1.00.